The van der Waals surface area contributed by atoms with E-state index < -0.39 is 17.9 Å². The standard InChI is InChI=1S/C26H19Cl2NO5/c1-14-6-8-16(9-7-14)24-26(23(32)20-11-18(27)12-21(28)25(20)34-24)33-13-22(31)29-19-5-3-4-17(10-19)15(2)30/h3-12H,13H2,1-2H3,(H,29,31). The van der Waals surface area contributed by atoms with Gasteiger partial charge >= 0.3 is 0 Å². The third-order valence-electron chi connectivity index (χ3n) is 5.08. The van der Waals surface area contributed by atoms with Crippen LogP contribution >= 0.6 is 23.2 Å². The van der Waals surface area contributed by atoms with E-state index in [4.69, 9.17) is 32.4 Å². The number of anilines is 1. The number of carbonyl (C=O) groups excluding carboxylic acids is 2. The van der Waals surface area contributed by atoms with Gasteiger partial charge in [-0.25, -0.2) is 0 Å². The summed E-state index contributed by atoms with van der Waals surface area (Å²) in [6.07, 6.45) is 0. The van der Waals surface area contributed by atoms with Gasteiger partial charge in [0.25, 0.3) is 5.91 Å². The Balaban J connectivity index is 1.70. The number of hydrogen-bond acceptors (Lipinski definition) is 5. The van der Waals surface area contributed by atoms with Gasteiger partial charge < -0.3 is 14.5 Å². The Morgan fingerprint density at radius 3 is 2.47 bits per heavy atom. The Hall–Kier alpha value is -3.61. The number of benzene rings is 3. The maximum Gasteiger partial charge on any atom is 0.262 e. The van der Waals surface area contributed by atoms with E-state index in [1.54, 1.807) is 36.4 Å². The first-order valence-electron chi connectivity index (χ1n) is 10.3. The van der Waals surface area contributed by atoms with E-state index in [9.17, 15) is 14.4 Å². The minimum atomic E-state index is -0.515. The van der Waals surface area contributed by atoms with Crippen LogP contribution < -0.4 is 15.5 Å². The van der Waals surface area contributed by atoms with Gasteiger partial charge in [-0.05, 0) is 38.1 Å². The number of amides is 1. The fourth-order valence-corrected chi connectivity index (χ4v) is 3.92. The molecule has 0 atom stereocenters. The van der Waals surface area contributed by atoms with E-state index in [0.717, 1.165) is 5.56 Å². The van der Waals surface area contributed by atoms with Crippen LogP contribution in [0.4, 0.5) is 5.69 Å². The van der Waals surface area contributed by atoms with Gasteiger partial charge in [-0.1, -0.05) is 65.2 Å². The summed E-state index contributed by atoms with van der Waals surface area (Å²) in [5.74, 6) is -0.629. The number of fused-ring (bicyclic) bond motifs is 1. The average Bonchev–Trinajstić information content (AvgIpc) is 2.79. The Kier molecular flexibility index (Phi) is 6.72. The molecule has 0 aliphatic carbocycles. The molecule has 0 radical (unpaired) electrons. The number of nitrogens with one attached hydrogen (secondary N) is 1. The summed E-state index contributed by atoms with van der Waals surface area (Å²) in [6.45, 7) is 2.91. The van der Waals surface area contributed by atoms with Crippen molar-refractivity contribution in [2.75, 3.05) is 11.9 Å². The molecular formula is C26H19Cl2NO5. The van der Waals surface area contributed by atoms with Crippen molar-refractivity contribution in [3.05, 3.63) is 92.1 Å². The molecule has 1 amide bonds. The Morgan fingerprint density at radius 1 is 1.03 bits per heavy atom. The maximum atomic E-state index is 13.3. The number of ether oxygens (including phenoxy) is 1. The van der Waals surface area contributed by atoms with Gasteiger partial charge in [-0.15, -0.1) is 0 Å². The summed E-state index contributed by atoms with van der Waals surface area (Å²) >= 11 is 12.4. The van der Waals surface area contributed by atoms with Gasteiger partial charge in [0, 0.05) is 21.8 Å². The van der Waals surface area contributed by atoms with Gasteiger partial charge in [-0.2, -0.15) is 0 Å². The van der Waals surface area contributed by atoms with Crippen LogP contribution in [0.3, 0.4) is 0 Å². The highest BCUT2D eigenvalue weighted by molar-refractivity contribution is 6.38. The van der Waals surface area contributed by atoms with Crippen LogP contribution in [-0.2, 0) is 4.79 Å². The molecule has 0 unspecified atom stereocenters. The fourth-order valence-electron chi connectivity index (χ4n) is 3.38. The normalized spacial score (nSPS) is 10.8. The third-order valence-corrected chi connectivity index (χ3v) is 5.58. The average molecular weight is 496 g/mol. The van der Waals surface area contributed by atoms with Crippen LogP contribution in [0.25, 0.3) is 22.3 Å². The van der Waals surface area contributed by atoms with Crippen molar-refractivity contribution in [1.29, 1.82) is 0 Å². The lowest BCUT2D eigenvalue weighted by molar-refractivity contribution is -0.118. The summed E-state index contributed by atoms with van der Waals surface area (Å²) in [6, 6.07) is 16.7. The SMILES string of the molecule is CC(=O)c1cccc(NC(=O)COc2c(-c3ccc(C)cc3)oc3c(Cl)cc(Cl)cc3c2=O)c1. The highest BCUT2D eigenvalue weighted by Gasteiger charge is 2.21. The van der Waals surface area contributed by atoms with Crippen LogP contribution in [0.2, 0.25) is 10.0 Å². The number of rotatable bonds is 6. The molecule has 1 N–H and O–H groups in total. The predicted molar refractivity (Wildman–Crippen MR) is 133 cm³/mol. The van der Waals surface area contributed by atoms with Gasteiger partial charge in [0.1, 0.15) is 0 Å². The second-order valence-electron chi connectivity index (χ2n) is 7.69. The highest BCUT2D eigenvalue weighted by atomic mass is 35.5. The molecule has 0 saturated carbocycles. The zero-order valence-electron chi connectivity index (χ0n) is 18.3. The van der Waals surface area contributed by atoms with Gasteiger partial charge in [-0.3, -0.25) is 14.4 Å². The molecule has 1 aromatic heterocycles. The summed E-state index contributed by atoms with van der Waals surface area (Å²) in [4.78, 5) is 37.4. The number of aryl methyl sites for hydroxylation is 1. The second-order valence-corrected chi connectivity index (χ2v) is 8.54. The van der Waals surface area contributed by atoms with E-state index in [1.807, 2.05) is 19.1 Å². The quantitative estimate of drug-likeness (QED) is 0.317. The maximum absolute atomic E-state index is 13.3. The lowest BCUT2D eigenvalue weighted by Crippen LogP contribution is -2.22. The number of carbonyl (C=O) groups is 2. The van der Waals surface area contributed by atoms with E-state index in [-0.39, 0.29) is 38.3 Å². The lowest BCUT2D eigenvalue weighted by Gasteiger charge is -2.13. The van der Waals surface area contributed by atoms with Crippen molar-refractivity contribution in [3.8, 4) is 17.1 Å². The van der Waals surface area contributed by atoms with E-state index in [2.05, 4.69) is 5.32 Å². The number of Topliss-reactive ketones (excluding diaryl/α,β-unsaturated/α-hetero) is 1. The molecule has 0 aliphatic rings. The highest BCUT2D eigenvalue weighted by Crippen LogP contribution is 2.35. The van der Waals surface area contributed by atoms with Crippen molar-refractivity contribution in [3.63, 3.8) is 0 Å². The molecule has 0 aliphatic heterocycles. The van der Waals surface area contributed by atoms with Crippen molar-refractivity contribution in [2.45, 2.75) is 13.8 Å². The number of hydrogen-bond donors (Lipinski definition) is 1. The van der Waals surface area contributed by atoms with E-state index in [0.29, 0.717) is 16.8 Å². The lowest BCUT2D eigenvalue weighted by atomic mass is 10.1. The van der Waals surface area contributed by atoms with Gasteiger partial charge in [0.05, 0.1) is 10.4 Å². The Labute approximate surface area is 205 Å². The van der Waals surface area contributed by atoms with Crippen LogP contribution in [0.5, 0.6) is 5.75 Å². The number of halogens is 2. The molecule has 1 heterocycles. The zero-order valence-corrected chi connectivity index (χ0v) is 19.8. The Morgan fingerprint density at radius 2 is 1.76 bits per heavy atom. The fraction of sp³-hybridized carbons (Fsp3) is 0.115. The molecule has 0 bridgehead atoms. The minimum Gasteiger partial charge on any atom is -0.476 e. The topological polar surface area (TPSA) is 85.6 Å². The molecule has 0 fully saturated rings. The van der Waals surface area contributed by atoms with Gasteiger partial charge in [0.15, 0.2) is 23.7 Å². The summed E-state index contributed by atoms with van der Waals surface area (Å²) in [5.41, 5.74) is 2.16. The first-order valence-corrected chi connectivity index (χ1v) is 11.0. The summed E-state index contributed by atoms with van der Waals surface area (Å²) in [5, 5.41) is 3.24. The molecule has 0 saturated heterocycles. The van der Waals surface area contributed by atoms with Crippen LogP contribution in [0.1, 0.15) is 22.8 Å². The molecule has 4 rings (SSSR count). The predicted octanol–water partition coefficient (Wildman–Crippen LogP) is 6.30. The van der Waals surface area contributed by atoms with Crippen molar-refractivity contribution < 1.29 is 18.7 Å². The third kappa shape index (κ3) is 4.98. The van der Waals surface area contributed by atoms with Crippen molar-refractivity contribution >= 4 is 51.5 Å². The van der Waals surface area contributed by atoms with Gasteiger partial charge in [0.2, 0.25) is 11.2 Å². The van der Waals surface area contributed by atoms with Crippen LogP contribution in [-0.4, -0.2) is 18.3 Å². The summed E-state index contributed by atoms with van der Waals surface area (Å²) < 4.78 is 11.7. The Bertz CT molecular complexity index is 1480. The molecule has 6 nitrogen and oxygen atoms in total. The molecule has 0 spiro atoms. The second kappa shape index (κ2) is 9.71. The molecule has 34 heavy (non-hydrogen) atoms. The first-order chi connectivity index (χ1) is 16.2. The zero-order chi connectivity index (χ0) is 24.4. The van der Waals surface area contributed by atoms with E-state index >= 15 is 0 Å². The molecular weight excluding hydrogens is 477 g/mol. The van der Waals surface area contributed by atoms with Crippen LogP contribution in [0, 0.1) is 6.92 Å². The largest absolute Gasteiger partial charge is 0.476 e. The summed E-state index contributed by atoms with van der Waals surface area (Å²) in [7, 11) is 0. The monoisotopic (exact) mass is 495 g/mol. The smallest absolute Gasteiger partial charge is 0.262 e. The first kappa shape index (κ1) is 23.5. The molecule has 3 aromatic carbocycles. The minimum absolute atomic E-state index is 0.124. The van der Waals surface area contributed by atoms with Crippen molar-refractivity contribution in [2.24, 2.45) is 0 Å². The number of ketones is 1. The van der Waals surface area contributed by atoms with Crippen molar-refractivity contribution in [1.82, 2.24) is 0 Å². The van der Waals surface area contributed by atoms with Crippen LogP contribution in [0.15, 0.2) is 69.9 Å². The van der Waals surface area contributed by atoms with E-state index in [1.165, 1.54) is 19.1 Å². The molecule has 8 heteroatoms. The molecule has 172 valence electrons. The molecule has 4 aromatic rings.